The van der Waals surface area contributed by atoms with Crippen LogP contribution in [0.5, 0.6) is 0 Å². The van der Waals surface area contributed by atoms with Crippen molar-refractivity contribution in [1.82, 2.24) is 0 Å². The van der Waals surface area contributed by atoms with Gasteiger partial charge in [-0.05, 0) is 20.3 Å². The van der Waals surface area contributed by atoms with Gasteiger partial charge >= 0.3 is 5.97 Å². The Morgan fingerprint density at radius 2 is 2.18 bits per heavy atom. The van der Waals surface area contributed by atoms with Gasteiger partial charge in [0, 0.05) is 0 Å². The second-order valence-corrected chi connectivity index (χ2v) is 2.96. The molecule has 2 unspecified atom stereocenters. The number of methoxy groups -OCH3 is 1. The van der Waals surface area contributed by atoms with Crippen LogP contribution < -0.4 is 0 Å². The van der Waals surface area contributed by atoms with Gasteiger partial charge in [0.25, 0.3) is 0 Å². The highest BCUT2D eigenvalue weighted by Crippen LogP contribution is 2.21. The Kier molecular flexibility index (Phi) is 3.52. The second-order valence-electron chi connectivity index (χ2n) is 2.96. The zero-order valence-corrected chi connectivity index (χ0v) is 7.55. The zero-order valence-electron chi connectivity index (χ0n) is 7.55. The average Bonchev–Trinajstić information content (AvgIpc) is 2.01. The number of rotatable bonds is 3. The molecule has 0 aromatic heterocycles. The summed E-state index contributed by atoms with van der Waals surface area (Å²) in [6.45, 7) is 5.13. The molecule has 66 valence electrons. The number of aliphatic hydroxyl groups is 1. The van der Waals surface area contributed by atoms with E-state index < -0.39 is 11.5 Å². The van der Waals surface area contributed by atoms with E-state index in [-0.39, 0.29) is 5.97 Å². The molecule has 0 saturated heterocycles. The van der Waals surface area contributed by atoms with Crippen molar-refractivity contribution >= 4 is 5.97 Å². The maximum atomic E-state index is 10.9. The van der Waals surface area contributed by atoms with Gasteiger partial charge in [0.05, 0.1) is 18.6 Å². The third kappa shape index (κ3) is 2.50. The van der Waals surface area contributed by atoms with E-state index in [1.165, 1.54) is 7.11 Å². The molecule has 0 aliphatic rings. The molecule has 3 nitrogen and oxygen atoms in total. The van der Waals surface area contributed by atoms with E-state index in [1.54, 1.807) is 13.8 Å². The summed E-state index contributed by atoms with van der Waals surface area (Å²) in [5.41, 5.74) is -0.951. The van der Waals surface area contributed by atoms with Crippen molar-refractivity contribution in [3.05, 3.63) is 0 Å². The first-order valence-corrected chi connectivity index (χ1v) is 3.76. The minimum atomic E-state index is -0.951. The zero-order chi connectivity index (χ0) is 9.07. The quantitative estimate of drug-likeness (QED) is 0.625. The van der Waals surface area contributed by atoms with Crippen LogP contribution in [0, 0.1) is 5.92 Å². The molecule has 0 aliphatic carbocycles. The molecule has 0 fully saturated rings. The predicted molar refractivity (Wildman–Crippen MR) is 42.1 cm³/mol. The highest BCUT2D eigenvalue weighted by Gasteiger charge is 2.32. The number of carbonyl (C=O) groups is 1. The summed E-state index contributed by atoms with van der Waals surface area (Å²) in [5.74, 6) is -0.825. The lowest BCUT2D eigenvalue weighted by Crippen LogP contribution is -2.37. The molecule has 0 radical (unpaired) electrons. The lowest BCUT2D eigenvalue weighted by Gasteiger charge is -2.26. The Bertz CT molecular complexity index is 140. The minimum absolute atomic E-state index is 0.364. The lowest BCUT2D eigenvalue weighted by atomic mass is 9.88. The fraction of sp³-hybridized carbons (Fsp3) is 0.875. The molecule has 0 heterocycles. The molecule has 3 heteroatoms. The minimum Gasteiger partial charge on any atom is -0.469 e. The monoisotopic (exact) mass is 160 g/mol. The largest absolute Gasteiger partial charge is 0.469 e. The van der Waals surface area contributed by atoms with Crippen LogP contribution in [-0.2, 0) is 9.53 Å². The second kappa shape index (κ2) is 3.72. The number of hydrogen-bond acceptors (Lipinski definition) is 3. The van der Waals surface area contributed by atoms with Crippen molar-refractivity contribution < 1.29 is 14.6 Å². The van der Waals surface area contributed by atoms with E-state index in [1.807, 2.05) is 6.92 Å². The van der Waals surface area contributed by atoms with Crippen molar-refractivity contribution in [3.8, 4) is 0 Å². The van der Waals surface area contributed by atoms with Gasteiger partial charge in [0.2, 0.25) is 0 Å². The van der Waals surface area contributed by atoms with Gasteiger partial charge in [-0.15, -0.1) is 0 Å². The van der Waals surface area contributed by atoms with Crippen molar-refractivity contribution in [3.63, 3.8) is 0 Å². The highest BCUT2D eigenvalue weighted by molar-refractivity contribution is 5.73. The van der Waals surface area contributed by atoms with Crippen molar-refractivity contribution in [2.75, 3.05) is 7.11 Å². The molecule has 0 bridgehead atoms. The number of ether oxygens (including phenoxy) is 1. The molecule has 2 atom stereocenters. The first-order valence-electron chi connectivity index (χ1n) is 3.76. The molecule has 1 N–H and O–H groups in total. The third-order valence-electron chi connectivity index (χ3n) is 2.20. The number of hydrogen-bond donors (Lipinski definition) is 1. The molecule has 0 aliphatic heterocycles. The topological polar surface area (TPSA) is 46.5 Å². The van der Waals surface area contributed by atoms with Gasteiger partial charge in [-0.25, -0.2) is 0 Å². The SMILES string of the molecule is CCC(C)(O)C(C)C(=O)OC. The van der Waals surface area contributed by atoms with Crippen LogP contribution in [0.2, 0.25) is 0 Å². The summed E-state index contributed by atoms with van der Waals surface area (Å²) in [6.07, 6.45) is 0.545. The Hall–Kier alpha value is -0.570. The third-order valence-corrected chi connectivity index (χ3v) is 2.20. The maximum absolute atomic E-state index is 10.9. The van der Waals surface area contributed by atoms with Gasteiger partial charge < -0.3 is 9.84 Å². The van der Waals surface area contributed by atoms with Crippen molar-refractivity contribution in [2.45, 2.75) is 32.8 Å². The molecule has 0 rings (SSSR count). The fourth-order valence-corrected chi connectivity index (χ4v) is 0.737. The lowest BCUT2D eigenvalue weighted by molar-refractivity contribution is -0.153. The molecule has 11 heavy (non-hydrogen) atoms. The maximum Gasteiger partial charge on any atom is 0.311 e. The standard InChI is InChI=1S/C8H16O3/c1-5-8(3,10)6(2)7(9)11-4/h6,10H,5H2,1-4H3. The van der Waals surface area contributed by atoms with E-state index in [4.69, 9.17) is 0 Å². The normalized spacial score (nSPS) is 18.6. The molecular formula is C8H16O3. The van der Waals surface area contributed by atoms with E-state index in [9.17, 15) is 9.90 Å². The Balaban J connectivity index is 4.22. The molecule has 0 aromatic rings. The molecule has 0 aromatic carbocycles. The summed E-state index contributed by atoms with van der Waals surface area (Å²) in [5, 5.41) is 9.59. The van der Waals surface area contributed by atoms with Crippen molar-refractivity contribution in [2.24, 2.45) is 5.92 Å². The summed E-state index contributed by atoms with van der Waals surface area (Å²) in [7, 11) is 1.32. The Morgan fingerprint density at radius 3 is 2.45 bits per heavy atom. The van der Waals surface area contributed by atoms with Crippen LogP contribution in [-0.4, -0.2) is 23.8 Å². The summed E-state index contributed by atoms with van der Waals surface area (Å²) in [6, 6.07) is 0. The van der Waals surface area contributed by atoms with Crippen LogP contribution in [0.3, 0.4) is 0 Å². The Morgan fingerprint density at radius 1 is 1.73 bits per heavy atom. The highest BCUT2D eigenvalue weighted by atomic mass is 16.5. The summed E-state index contributed by atoms with van der Waals surface area (Å²) in [4.78, 5) is 10.9. The average molecular weight is 160 g/mol. The van der Waals surface area contributed by atoms with E-state index in [2.05, 4.69) is 4.74 Å². The van der Waals surface area contributed by atoms with Crippen LogP contribution in [0.25, 0.3) is 0 Å². The molecular weight excluding hydrogens is 144 g/mol. The van der Waals surface area contributed by atoms with Gasteiger partial charge in [-0.2, -0.15) is 0 Å². The summed E-state index contributed by atoms with van der Waals surface area (Å²) < 4.78 is 4.50. The summed E-state index contributed by atoms with van der Waals surface area (Å²) >= 11 is 0. The van der Waals surface area contributed by atoms with E-state index >= 15 is 0 Å². The smallest absolute Gasteiger partial charge is 0.311 e. The Labute approximate surface area is 67.4 Å². The first kappa shape index (κ1) is 10.4. The first-order chi connectivity index (χ1) is 4.95. The number of carbonyl (C=O) groups excluding carboxylic acids is 1. The van der Waals surface area contributed by atoms with Crippen LogP contribution in [0.15, 0.2) is 0 Å². The molecule has 0 saturated carbocycles. The van der Waals surface area contributed by atoms with E-state index in [0.717, 1.165) is 0 Å². The molecule has 0 spiro atoms. The van der Waals surface area contributed by atoms with Crippen molar-refractivity contribution in [1.29, 1.82) is 0 Å². The van der Waals surface area contributed by atoms with E-state index in [0.29, 0.717) is 6.42 Å². The van der Waals surface area contributed by atoms with Crippen LogP contribution in [0.1, 0.15) is 27.2 Å². The van der Waals surface area contributed by atoms with Gasteiger partial charge in [0.15, 0.2) is 0 Å². The van der Waals surface area contributed by atoms with Crippen LogP contribution in [0.4, 0.5) is 0 Å². The van der Waals surface area contributed by atoms with Gasteiger partial charge in [-0.3, -0.25) is 4.79 Å². The molecule has 0 amide bonds. The van der Waals surface area contributed by atoms with Gasteiger partial charge in [-0.1, -0.05) is 6.92 Å². The van der Waals surface area contributed by atoms with Crippen LogP contribution >= 0.6 is 0 Å². The number of esters is 1. The van der Waals surface area contributed by atoms with Gasteiger partial charge in [0.1, 0.15) is 0 Å². The predicted octanol–water partition coefficient (Wildman–Crippen LogP) is 0.956. The fourth-order valence-electron chi connectivity index (χ4n) is 0.737.